The molecule has 2 N–H and O–H groups in total. The van der Waals surface area contributed by atoms with Gasteiger partial charge in [-0.1, -0.05) is 13.8 Å². The average Bonchev–Trinajstić information content (AvgIpc) is 2.82. The Hall–Kier alpha value is -0.680. The topological polar surface area (TPSA) is 61.0 Å². The average molecular weight is 314 g/mol. The van der Waals surface area contributed by atoms with Gasteiger partial charge in [-0.05, 0) is 47.5 Å². The highest BCUT2D eigenvalue weighted by atomic mass is 79.9. The molecule has 1 fully saturated rings. The summed E-state index contributed by atoms with van der Waals surface area (Å²) in [6, 6.07) is 0. The number of nitrogens with zero attached hydrogens (tertiary/aromatic N) is 2. The first kappa shape index (κ1) is 13.7. The molecule has 0 aliphatic heterocycles. The van der Waals surface area contributed by atoms with Gasteiger partial charge in [0.2, 0.25) is 0 Å². The molecule has 2 rings (SSSR count). The molecule has 0 unspecified atom stereocenters. The summed E-state index contributed by atoms with van der Waals surface area (Å²) >= 11 is 3.47. The van der Waals surface area contributed by atoms with E-state index in [9.17, 15) is 0 Å². The van der Waals surface area contributed by atoms with Crippen molar-refractivity contribution in [1.29, 1.82) is 0 Å². The molecule has 0 amide bonds. The Balaban J connectivity index is 2.51. The number of anilines is 1. The second kappa shape index (κ2) is 5.13. The van der Waals surface area contributed by atoms with Gasteiger partial charge in [0.15, 0.2) is 5.82 Å². The van der Waals surface area contributed by atoms with Crippen molar-refractivity contribution in [2.24, 2.45) is 0 Å². The number of hydrogen-bond donors (Lipinski definition) is 1. The van der Waals surface area contributed by atoms with E-state index in [0.29, 0.717) is 11.7 Å². The zero-order chi connectivity index (χ0) is 13.3. The molecule has 1 aromatic rings. The van der Waals surface area contributed by atoms with Crippen LogP contribution in [0.3, 0.4) is 0 Å². The van der Waals surface area contributed by atoms with Gasteiger partial charge >= 0.3 is 0 Å². The van der Waals surface area contributed by atoms with E-state index in [-0.39, 0.29) is 5.60 Å². The van der Waals surface area contributed by atoms with E-state index in [1.165, 1.54) is 0 Å². The Labute approximate surface area is 116 Å². The molecule has 1 aromatic heterocycles. The van der Waals surface area contributed by atoms with Gasteiger partial charge in [0.25, 0.3) is 0 Å². The lowest BCUT2D eigenvalue weighted by Crippen LogP contribution is -2.28. The van der Waals surface area contributed by atoms with Crippen molar-refractivity contribution in [3.63, 3.8) is 0 Å². The summed E-state index contributed by atoms with van der Waals surface area (Å²) in [5.41, 5.74) is 6.61. The minimum atomic E-state index is -0.335. The predicted octanol–water partition coefficient (Wildman–Crippen LogP) is 3.36. The summed E-state index contributed by atoms with van der Waals surface area (Å²) in [6.45, 7) is 4.20. The minimum absolute atomic E-state index is 0.304. The Morgan fingerprint density at radius 2 is 1.89 bits per heavy atom. The van der Waals surface area contributed by atoms with Gasteiger partial charge in [0.1, 0.15) is 11.4 Å². The smallest absolute Gasteiger partial charge is 0.162 e. The molecule has 1 saturated carbocycles. The maximum atomic E-state index is 5.99. The van der Waals surface area contributed by atoms with E-state index >= 15 is 0 Å². The highest BCUT2D eigenvalue weighted by Crippen LogP contribution is 2.41. The number of halogens is 1. The van der Waals surface area contributed by atoms with Crippen LogP contribution < -0.4 is 5.73 Å². The normalized spacial score (nSPS) is 18.5. The SMILES string of the molecule is COC1(c2nc(N)c(Br)c(C(C)C)n2)CCCC1. The Morgan fingerprint density at radius 3 is 2.39 bits per heavy atom. The van der Waals surface area contributed by atoms with Gasteiger partial charge in [0.05, 0.1) is 10.2 Å². The molecule has 1 aliphatic carbocycles. The Kier molecular flexibility index (Phi) is 3.92. The van der Waals surface area contributed by atoms with Crippen molar-refractivity contribution in [3.05, 3.63) is 16.0 Å². The number of rotatable bonds is 3. The second-order valence-corrected chi connectivity index (χ2v) is 5.98. The molecule has 0 radical (unpaired) electrons. The van der Waals surface area contributed by atoms with Crippen LogP contribution in [0.1, 0.15) is 57.0 Å². The van der Waals surface area contributed by atoms with Crippen LogP contribution in [-0.4, -0.2) is 17.1 Å². The molecule has 100 valence electrons. The molecule has 1 aliphatic rings. The van der Waals surface area contributed by atoms with Gasteiger partial charge in [0, 0.05) is 7.11 Å². The minimum Gasteiger partial charge on any atom is -0.383 e. The maximum absolute atomic E-state index is 5.99. The summed E-state index contributed by atoms with van der Waals surface area (Å²) in [4.78, 5) is 9.13. The van der Waals surface area contributed by atoms with E-state index in [4.69, 9.17) is 15.5 Å². The first-order valence-corrected chi connectivity index (χ1v) is 7.18. The van der Waals surface area contributed by atoms with Gasteiger partial charge in [-0.3, -0.25) is 0 Å². The lowest BCUT2D eigenvalue weighted by atomic mass is 10.00. The van der Waals surface area contributed by atoms with E-state index < -0.39 is 0 Å². The van der Waals surface area contributed by atoms with Crippen molar-refractivity contribution < 1.29 is 4.74 Å². The van der Waals surface area contributed by atoms with Crippen LogP contribution in [0, 0.1) is 0 Å². The summed E-state index contributed by atoms with van der Waals surface area (Å²) in [5, 5.41) is 0. The third-order valence-corrected chi connectivity index (χ3v) is 4.47. The van der Waals surface area contributed by atoms with Crippen LogP contribution in [-0.2, 0) is 10.3 Å². The fourth-order valence-electron chi connectivity index (χ4n) is 2.53. The van der Waals surface area contributed by atoms with Gasteiger partial charge < -0.3 is 10.5 Å². The van der Waals surface area contributed by atoms with Crippen LogP contribution >= 0.6 is 15.9 Å². The Bertz CT molecular complexity index is 442. The summed E-state index contributed by atoms with van der Waals surface area (Å²) < 4.78 is 6.53. The highest BCUT2D eigenvalue weighted by Gasteiger charge is 2.39. The lowest BCUT2D eigenvalue weighted by Gasteiger charge is -2.27. The molecule has 0 bridgehead atoms. The van der Waals surface area contributed by atoms with Crippen LogP contribution in [0.5, 0.6) is 0 Å². The molecule has 0 aromatic carbocycles. The molecule has 0 atom stereocenters. The van der Waals surface area contributed by atoms with Crippen molar-refractivity contribution >= 4 is 21.7 Å². The molecule has 5 heteroatoms. The standard InChI is InChI=1S/C13H20BrN3O/c1-8(2)10-9(14)11(15)17-12(16-10)13(18-3)6-4-5-7-13/h8H,4-7H2,1-3H3,(H2,15,16,17). The van der Waals surface area contributed by atoms with Crippen LogP contribution in [0.15, 0.2) is 4.47 Å². The van der Waals surface area contributed by atoms with Crippen molar-refractivity contribution in [1.82, 2.24) is 9.97 Å². The predicted molar refractivity (Wildman–Crippen MR) is 75.4 cm³/mol. The zero-order valence-electron chi connectivity index (χ0n) is 11.2. The van der Waals surface area contributed by atoms with Gasteiger partial charge in [-0.25, -0.2) is 9.97 Å². The molecule has 4 nitrogen and oxygen atoms in total. The highest BCUT2D eigenvalue weighted by molar-refractivity contribution is 9.10. The molecule has 1 heterocycles. The molecule has 18 heavy (non-hydrogen) atoms. The van der Waals surface area contributed by atoms with Crippen molar-refractivity contribution in [2.75, 3.05) is 12.8 Å². The molecule has 0 spiro atoms. The van der Waals surface area contributed by atoms with Gasteiger partial charge in [-0.2, -0.15) is 0 Å². The second-order valence-electron chi connectivity index (χ2n) is 5.19. The number of nitrogen functional groups attached to an aromatic ring is 1. The number of hydrogen-bond acceptors (Lipinski definition) is 4. The van der Waals surface area contributed by atoms with Crippen molar-refractivity contribution in [3.8, 4) is 0 Å². The van der Waals surface area contributed by atoms with Crippen LogP contribution in [0.4, 0.5) is 5.82 Å². The third kappa shape index (κ3) is 2.26. The van der Waals surface area contributed by atoms with E-state index in [1.54, 1.807) is 7.11 Å². The lowest BCUT2D eigenvalue weighted by molar-refractivity contribution is -0.0164. The maximum Gasteiger partial charge on any atom is 0.162 e. The number of methoxy groups -OCH3 is 1. The van der Waals surface area contributed by atoms with Crippen LogP contribution in [0.25, 0.3) is 0 Å². The van der Waals surface area contributed by atoms with Crippen LogP contribution in [0.2, 0.25) is 0 Å². The zero-order valence-corrected chi connectivity index (χ0v) is 12.7. The van der Waals surface area contributed by atoms with E-state index in [2.05, 4.69) is 34.8 Å². The monoisotopic (exact) mass is 313 g/mol. The summed E-state index contributed by atoms with van der Waals surface area (Å²) in [5.74, 6) is 1.55. The first-order valence-electron chi connectivity index (χ1n) is 6.38. The fourth-order valence-corrected chi connectivity index (χ4v) is 3.17. The molecular weight excluding hydrogens is 294 g/mol. The largest absolute Gasteiger partial charge is 0.383 e. The Morgan fingerprint density at radius 1 is 1.28 bits per heavy atom. The fraction of sp³-hybridized carbons (Fsp3) is 0.692. The number of aromatic nitrogens is 2. The first-order chi connectivity index (χ1) is 8.50. The summed E-state index contributed by atoms with van der Waals surface area (Å²) in [7, 11) is 1.74. The quantitative estimate of drug-likeness (QED) is 0.929. The number of nitrogens with two attached hydrogens (primary N) is 1. The van der Waals surface area contributed by atoms with E-state index in [0.717, 1.165) is 41.7 Å². The van der Waals surface area contributed by atoms with Gasteiger partial charge in [-0.15, -0.1) is 0 Å². The molecular formula is C13H20BrN3O. The molecule has 0 saturated heterocycles. The van der Waals surface area contributed by atoms with E-state index in [1.807, 2.05) is 0 Å². The third-order valence-electron chi connectivity index (χ3n) is 3.66. The van der Waals surface area contributed by atoms with Crippen molar-refractivity contribution in [2.45, 2.75) is 51.0 Å². The number of ether oxygens (including phenoxy) is 1. The summed E-state index contributed by atoms with van der Waals surface area (Å²) in [6.07, 6.45) is 4.26.